The van der Waals surface area contributed by atoms with E-state index >= 15 is 0 Å². The van der Waals surface area contributed by atoms with Gasteiger partial charge in [-0.05, 0) is 43.4 Å². The molecule has 1 saturated carbocycles. The highest BCUT2D eigenvalue weighted by Crippen LogP contribution is 2.53. The molecule has 120 valence electrons. The predicted octanol–water partition coefficient (Wildman–Crippen LogP) is 2.57. The van der Waals surface area contributed by atoms with Crippen molar-refractivity contribution >= 4 is 11.8 Å². The van der Waals surface area contributed by atoms with E-state index in [-0.39, 0.29) is 29.2 Å². The van der Waals surface area contributed by atoms with Crippen LogP contribution < -0.4 is 5.32 Å². The van der Waals surface area contributed by atoms with Gasteiger partial charge in [-0.15, -0.1) is 0 Å². The highest BCUT2D eigenvalue weighted by molar-refractivity contribution is 5.99. The molecule has 2 fully saturated rings. The molecule has 1 aliphatic carbocycles. The zero-order valence-corrected chi connectivity index (χ0v) is 14.3. The third kappa shape index (κ3) is 2.69. The maximum absolute atomic E-state index is 13.0. The molecule has 1 N–H and O–H groups in total. The van der Waals surface area contributed by atoms with Gasteiger partial charge in [0, 0.05) is 6.54 Å². The number of hydrogen-bond acceptors (Lipinski definition) is 2. The Bertz CT molecular complexity index is 440. The normalized spacial score (nSPS) is 31.8. The van der Waals surface area contributed by atoms with E-state index in [0.29, 0.717) is 12.3 Å². The number of piperazine rings is 1. The van der Waals surface area contributed by atoms with Crippen LogP contribution in [0.2, 0.25) is 0 Å². The maximum atomic E-state index is 13.0. The Labute approximate surface area is 128 Å². The molecule has 0 aromatic carbocycles. The Morgan fingerprint density at radius 3 is 2.19 bits per heavy atom. The molecule has 1 saturated heterocycles. The van der Waals surface area contributed by atoms with E-state index in [9.17, 15) is 9.59 Å². The lowest BCUT2D eigenvalue weighted by atomic mass is 9.85. The topological polar surface area (TPSA) is 49.4 Å². The standard InChI is InChI=1S/C17H30N2O2/c1-7-16(6)15(21)19(10-17(8-9-17)12(4)5)13(11(2)3)14(20)18-16/h11-13H,7-10H2,1-6H3,(H,18,20). The lowest BCUT2D eigenvalue weighted by Gasteiger charge is -2.47. The molecule has 2 atom stereocenters. The van der Waals surface area contributed by atoms with Crippen molar-refractivity contribution in [2.45, 2.75) is 72.4 Å². The fourth-order valence-electron chi connectivity index (χ4n) is 3.47. The van der Waals surface area contributed by atoms with Crippen LogP contribution in [-0.4, -0.2) is 34.8 Å². The number of carbonyl (C=O) groups excluding carboxylic acids is 2. The molecule has 0 aromatic rings. The molecule has 1 heterocycles. The maximum Gasteiger partial charge on any atom is 0.248 e. The van der Waals surface area contributed by atoms with Gasteiger partial charge in [0.1, 0.15) is 11.6 Å². The van der Waals surface area contributed by atoms with Gasteiger partial charge in [-0.1, -0.05) is 34.6 Å². The first-order valence-corrected chi connectivity index (χ1v) is 8.30. The molecular formula is C17H30N2O2. The van der Waals surface area contributed by atoms with Gasteiger partial charge in [0.2, 0.25) is 11.8 Å². The minimum Gasteiger partial charge on any atom is -0.340 e. The third-order valence-corrected chi connectivity index (χ3v) is 5.68. The van der Waals surface area contributed by atoms with Gasteiger partial charge in [0.25, 0.3) is 0 Å². The fourth-order valence-corrected chi connectivity index (χ4v) is 3.47. The van der Waals surface area contributed by atoms with Crippen molar-refractivity contribution in [1.29, 1.82) is 0 Å². The Hall–Kier alpha value is -1.06. The molecule has 2 rings (SSSR count). The summed E-state index contributed by atoms with van der Waals surface area (Å²) >= 11 is 0. The summed E-state index contributed by atoms with van der Waals surface area (Å²) in [6.07, 6.45) is 2.97. The summed E-state index contributed by atoms with van der Waals surface area (Å²) in [5.41, 5.74) is -0.509. The first-order chi connectivity index (χ1) is 9.67. The van der Waals surface area contributed by atoms with Gasteiger partial charge in [-0.3, -0.25) is 9.59 Å². The van der Waals surface area contributed by atoms with Gasteiger partial charge in [-0.2, -0.15) is 0 Å². The van der Waals surface area contributed by atoms with Crippen molar-refractivity contribution < 1.29 is 9.59 Å². The molecule has 2 unspecified atom stereocenters. The van der Waals surface area contributed by atoms with Gasteiger partial charge in [0.15, 0.2) is 0 Å². The molecule has 0 radical (unpaired) electrons. The van der Waals surface area contributed by atoms with E-state index in [2.05, 4.69) is 19.2 Å². The SMILES string of the molecule is CCC1(C)NC(=O)C(C(C)C)N(CC2(C(C)C)CC2)C1=O. The number of carbonyl (C=O) groups is 2. The van der Waals surface area contributed by atoms with Gasteiger partial charge in [-0.25, -0.2) is 0 Å². The molecule has 0 spiro atoms. The fraction of sp³-hybridized carbons (Fsp3) is 0.882. The number of rotatable bonds is 5. The first kappa shape index (κ1) is 16.3. The molecule has 4 heteroatoms. The Morgan fingerprint density at radius 2 is 1.81 bits per heavy atom. The lowest BCUT2D eigenvalue weighted by Crippen LogP contribution is -2.70. The summed E-state index contributed by atoms with van der Waals surface area (Å²) in [7, 11) is 0. The van der Waals surface area contributed by atoms with Crippen LogP contribution in [0.3, 0.4) is 0 Å². The Kier molecular flexibility index (Phi) is 4.11. The van der Waals surface area contributed by atoms with Crippen LogP contribution in [-0.2, 0) is 9.59 Å². The number of nitrogens with zero attached hydrogens (tertiary/aromatic N) is 1. The van der Waals surface area contributed by atoms with Gasteiger partial charge < -0.3 is 10.2 Å². The first-order valence-electron chi connectivity index (χ1n) is 8.30. The van der Waals surface area contributed by atoms with Crippen molar-refractivity contribution in [2.75, 3.05) is 6.54 Å². The van der Waals surface area contributed by atoms with Crippen LogP contribution in [0.5, 0.6) is 0 Å². The number of hydrogen-bond donors (Lipinski definition) is 1. The van der Waals surface area contributed by atoms with Crippen LogP contribution >= 0.6 is 0 Å². The van der Waals surface area contributed by atoms with Crippen molar-refractivity contribution in [2.24, 2.45) is 17.3 Å². The quantitative estimate of drug-likeness (QED) is 0.847. The number of nitrogens with one attached hydrogen (secondary N) is 1. The Morgan fingerprint density at radius 1 is 1.24 bits per heavy atom. The van der Waals surface area contributed by atoms with Crippen molar-refractivity contribution in [3.63, 3.8) is 0 Å². The number of amides is 2. The van der Waals surface area contributed by atoms with Gasteiger partial charge >= 0.3 is 0 Å². The second kappa shape index (κ2) is 5.29. The van der Waals surface area contributed by atoms with Crippen LogP contribution in [0.15, 0.2) is 0 Å². The summed E-state index contributed by atoms with van der Waals surface area (Å²) in [5.74, 6) is 0.790. The second-order valence-electron chi connectivity index (χ2n) is 7.81. The smallest absolute Gasteiger partial charge is 0.248 e. The Balaban J connectivity index is 2.31. The van der Waals surface area contributed by atoms with Crippen molar-refractivity contribution in [1.82, 2.24) is 10.2 Å². The summed E-state index contributed by atoms with van der Waals surface area (Å²) < 4.78 is 0. The van der Waals surface area contributed by atoms with E-state index < -0.39 is 5.54 Å². The average Bonchev–Trinajstić information content (AvgIpc) is 3.16. The molecule has 4 nitrogen and oxygen atoms in total. The minimum atomic E-state index is -0.741. The average molecular weight is 294 g/mol. The molecule has 2 aliphatic rings. The monoisotopic (exact) mass is 294 g/mol. The largest absolute Gasteiger partial charge is 0.340 e. The van der Waals surface area contributed by atoms with E-state index in [1.807, 2.05) is 32.6 Å². The molecular weight excluding hydrogens is 264 g/mol. The van der Waals surface area contributed by atoms with Crippen molar-refractivity contribution in [3.05, 3.63) is 0 Å². The summed E-state index contributed by atoms with van der Waals surface area (Å²) in [5, 5.41) is 2.96. The van der Waals surface area contributed by atoms with Gasteiger partial charge in [0.05, 0.1) is 0 Å². The molecule has 2 amide bonds. The van der Waals surface area contributed by atoms with Crippen LogP contribution in [0.1, 0.15) is 60.8 Å². The summed E-state index contributed by atoms with van der Waals surface area (Å²) in [4.78, 5) is 27.4. The highest BCUT2D eigenvalue weighted by atomic mass is 16.2. The van der Waals surface area contributed by atoms with Crippen molar-refractivity contribution in [3.8, 4) is 0 Å². The van der Waals surface area contributed by atoms with E-state index in [1.54, 1.807) is 0 Å². The lowest BCUT2D eigenvalue weighted by molar-refractivity contribution is -0.157. The van der Waals surface area contributed by atoms with E-state index in [1.165, 1.54) is 12.8 Å². The second-order valence-corrected chi connectivity index (χ2v) is 7.81. The highest BCUT2D eigenvalue weighted by Gasteiger charge is 2.54. The summed E-state index contributed by atoms with van der Waals surface area (Å²) in [6.45, 7) is 13.0. The molecule has 0 bridgehead atoms. The predicted molar refractivity (Wildman–Crippen MR) is 83.7 cm³/mol. The van der Waals surface area contributed by atoms with Crippen LogP contribution in [0.25, 0.3) is 0 Å². The van der Waals surface area contributed by atoms with Crippen LogP contribution in [0.4, 0.5) is 0 Å². The summed E-state index contributed by atoms with van der Waals surface area (Å²) in [6, 6.07) is -0.326. The third-order valence-electron chi connectivity index (χ3n) is 5.68. The molecule has 21 heavy (non-hydrogen) atoms. The zero-order chi connectivity index (χ0) is 16.0. The molecule has 0 aromatic heterocycles. The van der Waals surface area contributed by atoms with Crippen LogP contribution in [0, 0.1) is 17.3 Å². The van der Waals surface area contributed by atoms with E-state index in [0.717, 1.165) is 6.54 Å². The minimum absolute atomic E-state index is 0.00788. The zero-order valence-electron chi connectivity index (χ0n) is 14.3. The van der Waals surface area contributed by atoms with E-state index in [4.69, 9.17) is 0 Å². The molecule has 1 aliphatic heterocycles.